The highest BCUT2D eigenvalue weighted by atomic mass is 16.5. The van der Waals surface area contributed by atoms with Crippen LogP contribution in [-0.4, -0.2) is 16.6 Å². The molecule has 0 amide bonds. The highest BCUT2D eigenvalue weighted by Gasteiger charge is 2.16. The second kappa shape index (κ2) is 4.97. The average molecular weight is 256 g/mol. The maximum atomic E-state index is 12.0. The standard InChI is InChI=1S/C15H16N2O2/c1-2-10-3-5-11(6-4-10)14-16-13-7-8-19-9-12(13)15(18)17-14/h3-6H,2,7-9H2,1H3,(H,16,17,18). The Balaban J connectivity index is 2.05. The number of ether oxygens (including phenoxy) is 1. The molecule has 0 atom stereocenters. The highest BCUT2D eigenvalue weighted by Crippen LogP contribution is 2.18. The number of nitrogens with zero attached hydrogens (tertiary/aromatic N) is 1. The minimum atomic E-state index is -0.0840. The Morgan fingerprint density at radius 2 is 2.11 bits per heavy atom. The monoisotopic (exact) mass is 256 g/mol. The number of aryl methyl sites for hydroxylation is 1. The van der Waals surface area contributed by atoms with Gasteiger partial charge in [-0.3, -0.25) is 4.79 Å². The third kappa shape index (κ3) is 2.31. The molecule has 0 spiro atoms. The van der Waals surface area contributed by atoms with Gasteiger partial charge in [-0.1, -0.05) is 31.2 Å². The first-order valence-corrected chi connectivity index (χ1v) is 6.57. The fraction of sp³-hybridized carbons (Fsp3) is 0.333. The van der Waals surface area contributed by atoms with E-state index < -0.39 is 0 Å². The van der Waals surface area contributed by atoms with E-state index in [4.69, 9.17) is 4.74 Å². The summed E-state index contributed by atoms with van der Waals surface area (Å²) in [4.78, 5) is 19.4. The van der Waals surface area contributed by atoms with Gasteiger partial charge in [0.1, 0.15) is 5.82 Å². The summed E-state index contributed by atoms with van der Waals surface area (Å²) in [7, 11) is 0. The molecule has 0 aliphatic carbocycles. The molecule has 0 bridgehead atoms. The lowest BCUT2D eigenvalue weighted by Crippen LogP contribution is -2.24. The molecule has 2 aromatic rings. The summed E-state index contributed by atoms with van der Waals surface area (Å²) < 4.78 is 5.29. The minimum absolute atomic E-state index is 0.0840. The van der Waals surface area contributed by atoms with Gasteiger partial charge in [0.05, 0.1) is 24.5 Å². The van der Waals surface area contributed by atoms with Gasteiger partial charge in [0.25, 0.3) is 5.56 Å². The number of fused-ring (bicyclic) bond motifs is 1. The summed E-state index contributed by atoms with van der Waals surface area (Å²) in [6.07, 6.45) is 1.71. The molecule has 0 saturated carbocycles. The summed E-state index contributed by atoms with van der Waals surface area (Å²) >= 11 is 0. The number of hydrogen-bond acceptors (Lipinski definition) is 3. The summed E-state index contributed by atoms with van der Waals surface area (Å²) in [5.74, 6) is 0.647. The van der Waals surface area contributed by atoms with E-state index in [1.54, 1.807) is 0 Å². The zero-order chi connectivity index (χ0) is 13.2. The van der Waals surface area contributed by atoms with Gasteiger partial charge < -0.3 is 9.72 Å². The van der Waals surface area contributed by atoms with Crippen molar-refractivity contribution in [2.75, 3.05) is 6.61 Å². The molecule has 1 aliphatic heterocycles. The third-order valence-electron chi connectivity index (χ3n) is 3.47. The van der Waals surface area contributed by atoms with E-state index in [1.165, 1.54) is 5.56 Å². The van der Waals surface area contributed by atoms with Crippen LogP contribution in [0.2, 0.25) is 0 Å². The van der Waals surface area contributed by atoms with Crippen LogP contribution >= 0.6 is 0 Å². The first-order valence-electron chi connectivity index (χ1n) is 6.57. The fourth-order valence-corrected chi connectivity index (χ4v) is 2.28. The van der Waals surface area contributed by atoms with Crippen molar-refractivity contribution in [2.24, 2.45) is 0 Å². The van der Waals surface area contributed by atoms with Gasteiger partial charge in [0.2, 0.25) is 0 Å². The smallest absolute Gasteiger partial charge is 0.256 e. The van der Waals surface area contributed by atoms with Crippen LogP contribution in [0.3, 0.4) is 0 Å². The summed E-state index contributed by atoms with van der Waals surface area (Å²) in [6, 6.07) is 8.14. The second-order valence-corrected chi connectivity index (χ2v) is 4.69. The Labute approximate surface area is 111 Å². The molecule has 1 aliphatic rings. The Morgan fingerprint density at radius 3 is 2.84 bits per heavy atom. The number of benzene rings is 1. The van der Waals surface area contributed by atoms with E-state index in [2.05, 4.69) is 29.0 Å². The van der Waals surface area contributed by atoms with Crippen molar-refractivity contribution in [1.82, 2.24) is 9.97 Å². The highest BCUT2D eigenvalue weighted by molar-refractivity contribution is 5.55. The van der Waals surface area contributed by atoms with Crippen LogP contribution in [0.5, 0.6) is 0 Å². The predicted molar refractivity (Wildman–Crippen MR) is 73.0 cm³/mol. The van der Waals surface area contributed by atoms with Crippen LogP contribution in [0.25, 0.3) is 11.4 Å². The van der Waals surface area contributed by atoms with Crippen molar-refractivity contribution < 1.29 is 4.74 Å². The van der Waals surface area contributed by atoms with Crippen LogP contribution in [-0.2, 0) is 24.2 Å². The largest absolute Gasteiger partial charge is 0.376 e. The molecule has 0 fully saturated rings. The Morgan fingerprint density at radius 1 is 1.32 bits per heavy atom. The summed E-state index contributed by atoms with van der Waals surface area (Å²) in [5, 5.41) is 0. The average Bonchev–Trinajstić information content (AvgIpc) is 2.47. The lowest BCUT2D eigenvalue weighted by molar-refractivity contribution is 0.108. The third-order valence-corrected chi connectivity index (χ3v) is 3.47. The number of aromatic amines is 1. The lowest BCUT2D eigenvalue weighted by atomic mass is 10.1. The Hall–Kier alpha value is -1.94. The van der Waals surface area contributed by atoms with Crippen LogP contribution < -0.4 is 5.56 Å². The van der Waals surface area contributed by atoms with Gasteiger partial charge >= 0.3 is 0 Å². The van der Waals surface area contributed by atoms with E-state index in [1.807, 2.05) is 12.1 Å². The van der Waals surface area contributed by atoms with Crippen molar-refractivity contribution >= 4 is 0 Å². The Kier molecular flexibility index (Phi) is 3.17. The number of aromatic nitrogens is 2. The normalized spacial score (nSPS) is 14.2. The molecule has 1 aromatic heterocycles. The van der Waals surface area contributed by atoms with Crippen molar-refractivity contribution in [3.05, 3.63) is 51.4 Å². The van der Waals surface area contributed by atoms with Crippen molar-refractivity contribution in [3.63, 3.8) is 0 Å². The predicted octanol–water partition coefficient (Wildman–Crippen LogP) is 2.07. The van der Waals surface area contributed by atoms with Gasteiger partial charge in [-0.05, 0) is 12.0 Å². The SMILES string of the molecule is CCc1ccc(-c2nc3c(c(=O)[nH]2)COCC3)cc1. The Bertz CT molecular complexity index is 644. The van der Waals surface area contributed by atoms with E-state index >= 15 is 0 Å². The maximum absolute atomic E-state index is 12.0. The molecule has 0 radical (unpaired) electrons. The van der Waals surface area contributed by atoms with E-state index in [0.717, 1.165) is 17.7 Å². The molecular formula is C15H16N2O2. The van der Waals surface area contributed by atoms with Gasteiger partial charge in [-0.25, -0.2) is 4.98 Å². The van der Waals surface area contributed by atoms with Gasteiger partial charge in [-0.2, -0.15) is 0 Å². The van der Waals surface area contributed by atoms with E-state index in [-0.39, 0.29) is 5.56 Å². The topological polar surface area (TPSA) is 55.0 Å². The number of nitrogens with one attached hydrogen (secondary N) is 1. The minimum Gasteiger partial charge on any atom is -0.376 e. The fourth-order valence-electron chi connectivity index (χ4n) is 2.28. The lowest BCUT2D eigenvalue weighted by Gasteiger charge is -2.15. The molecular weight excluding hydrogens is 240 g/mol. The number of hydrogen-bond donors (Lipinski definition) is 1. The molecule has 19 heavy (non-hydrogen) atoms. The quantitative estimate of drug-likeness (QED) is 0.895. The number of H-pyrrole nitrogens is 1. The molecule has 0 unspecified atom stereocenters. The summed E-state index contributed by atoms with van der Waals surface area (Å²) in [5.41, 5.74) is 3.67. The molecule has 98 valence electrons. The molecule has 1 aromatic carbocycles. The zero-order valence-electron chi connectivity index (χ0n) is 10.9. The van der Waals surface area contributed by atoms with Crippen molar-refractivity contribution in [1.29, 1.82) is 0 Å². The first-order chi connectivity index (χ1) is 9.28. The van der Waals surface area contributed by atoms with Gasteiger partial charge in [0, 0.05) is 12.0 Å². The van der Waals surface area contributed by atoms with E-state index in [0.29, 0.717) is 31.0 Å². The molecule has 0 saturated heterocycles. The molecule has 2 heterocycles. The van der Waals surface area contributed by atoms with E-state index in [9.17, 15) is 4.79 Å². The molecule has 4 heteroatoms. The zero-order valence-corrected chi connectivity index (χ0v) is 10.9. The maximum Gasteiger partial charge on any atom is 0.256 e. The molecule has 3 rings (SSSR count). The van der Waals surface area contributed by atoms with Gasteiger partial charge in [-0.15, -0.1) is 0 Å². The second-order valence-electron chi connectivity index (χ2n) is 4.69. The number of rotatable bonds is 2. The van der Waals surface area contributed by atoms with Crippen LogP contribution in [0.15, 0.2) is 29.1 Å². The summed E-state index contributed by atoms with van der Waals surface area (Å²) in [6.45, 7) is 3.12. The van der Waals surface area contributed by atoms with Crippen LogP contribution in [0.4, 0.5) is 0 Å². The van der Waals surface area contributed by atoms with Crippen LogP contribution in [0.1, 0.15) is 23.7 Å². The molecule has 4 nitrogen and oxygen atoms in total. The first kappa shape index (κ1) is 12.1. The van der Waals surface area contributed by atoms with Gasteiger partial charge in [0.15, 0.2) is 0 Å². The van der Waals surface area contributed by atoms with Crippen molar-refractivity contribution in [2.45, 2.75) is 26.4 Å². The van der Waals surface area contributed by atoms with Crippen molar-refractivity contribution in [3.8, 4) is 11.4 Å². The molecule has 1 N–H and O–H groups in total. The van der Waals surface area contributed by atoms with Crippen LogP contribution in [0, 0.1) is 0 Å².